The smallest absolute Gasteiger partial charge is 0.338 e. The summed E-state index contributed by atoms with van der Waals surface area (Å²) >= 11 is 5.00. The number of rotatable bonds is 2. The number of aromatic nitrogens is 3. The van der Waals surface area contributed by atoms with Gasteiger partial charge in [0.05, 0.1) is 17.9 Å². The van der Waals surface area contributed by atoms with Gasteiger partial charge in [0.25, 0.3) is 5.91 Å². The van der Waals surface area contributed by atoms with Gasteiger partial charge in [-0.2, -0.15) is 0 Å². The molecule has 0 aliphatic carbocycles. The van der Waals surface area contributed by atoms with Gasteiger partial charge in [-0.25, -0.2) is 18.5 Å². The number of hydrogen-bond donors (Lipinski definition) is 0. The molecule has 1 amide bonds. The number of ether oxygens (including phenoxy) is 1. The van der Waals surface area contributed by atoms with Crippen LogP contribution in [0.25, 0.3) is 5.69 Å². The van der Waals surface area contributed by atoms with E-state index in [1.165, 1.54) is 25.1 Å². The number of carbonyl (C=O) groups excluding carboxylic acids is 1. The standard InChI is InChI=1S/C16H13FN4O4S/c1-4-5-20-11-7-10(9(17)6-12(11)25-8-13(20)22)21-14(23)18(2)16(26)19(3)15(21)24/h1,6-7H,5,8H2,2-3H3. The molecule has 0 spiro atoms. The summed E-state index contributed by atoms with van der Waals surface area (Å²) in [4.78, 5) is 38.2. The summed E-state index contributed by atoms with van der Waals surface area (Å²) in [7, 11) is 2.74. The van der Waals surface area contributed by atoms with E-state index in [4.69, 9.17) is 23.4 Å². The number of benzene rings is 1. The first kappa shape index (κ1) is 17.6. The zero-order valence-electron chi connectivity index (χ0n) is 13.9. The highest BCUT2D eigenvalue weighted by molar-refractivity contribution is 7.71. The van der Waals surface area contributed by atoms with Crippen molar-refractivity contribution in [2.75, 3.05) is 18.1 Å². The van der Waals surface area contributed by atoms with Crippen LogP contribution < -0.4 is 21.0 Å². The van der Waals surface area contributed by atoms with Crippen molar-refractivity contribution >= 4 is 23.8 Å². The maximum atomic E-state index is 14.6. The predicted octanol–water partition coefficient (Wildman–Crippen LogP) is 0.102. The van der Waals surface area contributed by atoms with Gasteiger partial charge in [0, 0.05) is 20.2 Å². The third kappa shape index (κ3) is 2.53. The Bertz CT molecular complexity index is 1110. The number of nitrogens with zero attached hydrogens (tertiary/aromatic N) is 4. The molecule has 2 aromatic rings. The van der Waals surface area contributed by atoms with E-state index in [9.17, 15) is 18.8 Å². The quantitative estimate of drug-likeness (QED) is 0.549. The third-order valence-corrected chi connectivity index (χ3v) is 4.54. The molecule has 0 N–H and O–H groups in total. The van der Waals surface area contributed by atoms with Crippen LogP contribution in [0.2, 0.25) is 0 Å². The zero-order valence-corrected chi connectivity index (χ0v) is 14.7. The number of anilines is 1. The highest BCUT2D eigenvalue weighted by Gasteiger charge is 2.28. The van der Waals surface area contributed by atoms with Crippen molar-refractivity contribution in [2.45, 2.75) is 0 Å². The van der Waals surface area contributed by atoms with Crippen LogP contribution in [0, 0.1) is 22.9 Å². The molecule has 0 fully saturated rings. The zero-order chi connectivity index (χ0) is 19.2. The Balaban J connectivity index is 2.35. The van der Waals surface area contributed by atoms with Gasteiger partial charge in [0.15, 0.2) is 17.2 Å². The normalized spacial score (nSPS) is 13.2. The van der Waals surface area contributed by atoms with Gasteiger partial charge in [-0.3, -0.25) is 18.8 Å². The van der Waals surface area contributed by atoms with Crippen molar-refractivity contribution in [3.8, 4) is 23.8 Å². The number of amides is 1. The number of halogens is 1. The van der Waals surface area contributed by atoms with Gasteiger partial charge >= 0.3 is 11.4 Å². The van der Waals surface area contributed by atoms with Gasteiger partial charge in [-0.05, 0) is 18.3 Å². The van der Waals surface area contributed by atoms with E-state index in [2.05, 4.69) is 5.92 Å². The van der Waals surface area contributed by atoms with Crippen LogP contribution in [-0.4, -0.2) is 32.8 Å². The minimum Gasteiger partial charge on any atom is -0.481 e. The predicted molar refractivity (Wildman–Crippen MR) is 93.7 cm³/mol. The molecule has 0 radical (unpaired) electrons. The fourth-order valence-corrected chi connectivity index (χ4v) is 2.78. The second kappa shape index (κ2) is 6.27. The molecule has 134 valence electrons. The first-order valence-electron chi connectivity index (χ1n) is 7.37. The Morgan fingerprint density at radius 2 is 1.81 bits per heavy atom. The summed E-state index contributed by atoms with van der Waals surface area (Å²) in [6.07, 6.45) is 5.28. The molecule has 3 rings (SSSR count). The molecule has 0 unspecified atom stereocenters. The monoisotopic (exact) mass is 376 g/mol. The van der Waals surface area contributed by atoms with Crippen LogP contribution in [0.4, 0.5) is 10.1 Å². The summed E-state index contributed by atoms with van der Waals surface area (Å²) in [6.45, 7) is -0.346. The molecule has 0 bridgehead atoms. The fraction of sp³-hybridized carbons (Fsp3) is 0.250. The van der Waals surface area contributed by atoms with E-state index in [-0.39, 0.29) is 35.0 Å². The van der Waals surface area contributed by atoms with Crippen LogP contribution in [0.15, 0.2) is 21.7 Å². The molecular formula is C16H13FN4O4S. The maximum Gasteiger partial charge on any atom is 0.338 e. The number of carbonyl (C=O) groups is 1. The molecule has 1 aromatic carbocycles. The summed E-state index contributed by atoms with van der Waals surface area (Å²) in [5.41, 5.74) is -1.79. The van der Waals surface area contributed by atoms with Crippen molar-refractivity contribution in [1.29, 1.82) is 0 Å². The first-order chi connectivity index (χ1) is 12.3. The van der Waals surface area contributed by atoms with Crippen LogP contribution in [0.5, 0.6) is 5.75 Å². The largest absolute Gasteiger partial charge is 0.481 e. The van der Waals surface area contributed by atoms with Gasteiger partial charge in [-0.15, -0.1) is 6.42 Å². The van der Waals surface area contributed by atoms with Gasteiger partial charge in [0.2, 0.25) is 0 Å². The van der Waals surface area contributed by atoms with Crippen molar-refractivity contribution in [2.24, 2.45) is 14.1 Å². The number of fused-ring (bicyclic) bond motifs is 1. The summed E-state index contributed by atoms with van der Waals surface area (Å²) < 4.78 is 22.6. The van der Waals surface area contributed by atoms with Gasteiger partial charge in [-0.1, -0.05) is 5.92 Å². The molecule has 10 heteroatoms. The minimum atomic E-state index is -0.866. The fourth-order valence-electron chi connectivity index (χ4n) is 2.62. The second-order valence-electron chi connectivity index (χ2n) is 5.55. The van der Waals surface area contributed by atoms with Crippen LogP contribution in [0.3, 0.4) is 0 Å². The van der Waals surface area contributed by atoms with Crippen molar-refractivity contribution in [1.82, 2.24) is 13.7 Å². The van der Waals surface area contributed by atoms with E-state index >= 15 is 0 Å². The SMILES string of the molecule is C#CCN1C(=O)COc2cc(F)c(-n3c(=O)n(C)c(=S)n(C)c3=O)cc21. The second-order valence-corrected chi connectivity index (χ2v) is 5.91. The highest BCUT2D eigenvalue weighted by atomic mass is 32.1. The molecule has 0 atom stereocenters. The van der Waals surface area contributed by atoms with E-state index in [0.717, 1.165) is 15.2 Å². The van der Waals surface area contributed by atoms with Gasteiger partial charge < -0.3 is 4.74 Å². The van der Waals surface area contributed by atoms with Gasteiger partial charge in [0.1, 0.15) is 5.75 Å². The third-order valence-electron chi connectivity index (χ3n) is 3.99. The maximum absolute atomic E-state index is 14.6. The summed E-state index contributed by atoms with van der Waals surface area (Å²) in [6, 6.07) is 2.19. The molecule has 1 aromatic heterocycles. The molecule has 0 saturated carbocycles. The summed E-state index contributed by atoms with van der Waals surface area (Å²) in [5.74, 6) is 1.14. The lowest BCUT2D eigenvalue weighted by Gasteiger charge is -2.28. The Morgan fingerprint density at radius 3 is 2.38 bits per heavy atom. The highest BCUT2D eigenvalue weighted by Crippen LogP contribution is 2.35. The molecule has 1 aliphatic heterocycles. The Hall–Kier alpha value is -3.19. The molecule has 0 saturated heterocycles. The molecule has 8 nitrogen and oxygen atoms in total. The average molecular weight is 376 g/mol. The number of terminal acetylenes is 1. The van der Waals surface area contributed by atoms with E-state index in [0.29, 0.717) is 4.57 Å². The van der Waals surface area contributed by atoms with Crippen molar-refractivity contribution in [3.63, 3.8) is 0 Å². The van der Waals surface area contributed by atoms with Crippen molar-refractivity contribution < 1.29 is 13.9 Å². The van der Waals surface area contributed by atoms with E-state index in [1.54, 1.807) is 0 Å². The molecule has 26 heavy (non-hydrogen) atoms. The molecule has 1 aliphatic rings. The molecule has 2 heterocycles. The number of hydrogen-bond acceptors (Lipinski definition) is 5. The Morgan fingerprint density at radius 1 is 1.19 bits per heavy atom. The minimum absolute atomic E-state index is 0.0120. The Kier molecular flexibility index (Phi) is 4.25. The Labute approximate surface area is 151 Å². The summed E-state index contributed by atoms with van der Waals surface area (Å²) in [5, 5.41) is 0. The van der Waals surface area contributed by atoms with Crippen molar-refractivity contribution in [3.05, 3.63) is 43.7 Å². The average Bonchev–Trinajstić information content (AvgIpc) is 2.62. The molecular weight excluding hydrogens is 363 g/mol. The lowest BCUT2D eigenvalue weighted by molar-refractivity contribution is -0.121. The van der Waals surface area contributed by atoms with Crippen LogP contribution in [0.1, 0.15) is 0 Å². The lowest BCUT2D eigenvalue weighted by atomic mass is 10.2. The topological polar surface area (TPSA) is 78.5 Å². The van der Waals surface area contributed by atoms with Crippen LogP contribution in [-0.2, 0) is 18.9 Å². The first-order valence-corrected chi connectivity index (χ1v) is 7.78. The van der Waals surface area contributed by atoms with E-state index in [1.807, 2.05) is 0 Å². The lowest BCUT2D eigenvalue weighted by Crippen LogP contribution is -2.44. The van der Waals surface area contributed by atoms with E-state index < -0.39 is 23.1 Å². The van der Waals surface area contributed by atoms with Crippen LogP contribution >= 0.6 is 12.2 Å².